The molecule has 0 amide bonds. The highest BCUT2D eigenvalue weighted by Gasteiger charge is 2.12. The van der Waals surface area contributed by atoms with Crippen LogP contribution in [0.3, 0.4) is 0 Å². The Hall–Kier alpha value is -0.970. The van der Waals surface area contributed by atoms with E-state index in [9.17, 15) is 9.35 Å². The Kier molecular flexibility index (Phi) is 10.4. The van der Waals surface area contributed by atoms with Gasteiger partial charge in [0.2, 0.25) is 0 Å². The number of nitriles is 1. The van der Waals surface area contributed by atoms with Gasteiger partial charge in [-0.05, 0) is 18.1 Å². The molecule has 1 atom stereocenters. The molecule has 0 aromatic rings. The van der Waals surface area contributed by atoms with Gasteiger partial charge in [-0.3, -0.25) is 9.79 Å². The number of hydrogen-bond acceptors (Lipinski definition) is 6. The molecule has 1 unspecified atom stereocenters. The molecule has 0 bridgehead atoms. The predicted molar refractivity (Wildman–Crippen MR) is 79.4 cm³/mol. The third-order valence-corrected chi connectivity index (χ3v) is 4.76. The third-order valence-electron chi connectivity index (χ3n) is 1.84. The van der Waals surface area contributed by atoms with Crippen molar-refractivity contribution in [2.45, 2.75) is 20.3 Å². The fourth-order valence-corrected chi connectivity index (χ4v) is 3.36. The van der Waals surface area contributed by atoms with Gasteiger partial charge in [0.25, 0.3) is 0 Å². The summed E-state index contributed by atoms with van der Waals surface area (Å²) in [4.78, 5) is 14.7. The molecule has 5 nitrogen and oxygen atoms in total. The Morgan fingerprint density at radius 2 is 2.32 bits per heavy atom. The van der Waals surface area contributed by atoms with E-state index < -0.39 is 11.2 Å². The summed E-state index contributed by atoms with van der Waals surface area (Å²) < 4.78 is 16.4. The highest BCUT2D eigenvalue weighted by molar-refractivity contribution is 8.22. The minimum atomic E-state index is -1.04. The fraction of sp³-hybridized carbons (Fsp3) is 0.583. The lowest BCUT2D eigenvalue weighted by atomic mass is 10.4. The number of thioether (sulfide) groups is 1. The summed E-state index contributed by atoms with van der Waals surface area (Å²) in [5.41, 5.74) is 0.295. The number of hydrogen-bond donors (Lipinski definition) is 0. The van der Waals surface area contributed by atoms with Gasteiger partial charge in [-0.1, -0.05) is 18.3 Å². The molecule has 0 aromatic carbocycles. The first kappa shape index (κ1) is 18.0. The van der Waals surface area contributed by atoms with Crippen LogP contribution in [0.1, 0.15) is 20.3 Å². The lowest BCUT2D eigenvalue weighted by Crippen LogP contribution is -2.13. The van der Waals surface area contributed by atoms with Gasteiger partial charge in [0.15, 0.2) is 5.08 Å². The topological polar surface area (TPSA) is 85.5 Å². The molecule has 0 heterocycles. The van der Waals surface area contributed by atoms with E-state index in [1.165, 1.54) is 18.7 Å². The minimum Gasteiger partial charge on any atom is -0.616 e. The summed E-state index contributed by atoms with van der Waals surface area (Å²) in [6.45, 7) is 7.64. The Labute approximate surface area is 121 Å². The first-order chi connectivity index (χ1) is 9.01. The number of carbonyl (C=O) groups is 1. The Bertz CT molecular complexity index is 378. The first-order valence-corrected chi connectivity index (χ1v) is 8.23. The molecule has 0 radical (unpaired) electrons. The third kappa shape index (κ3) is 9.59. The molecule has 0 spiro atoms. The largest absolute Gasteiger partial charge is 0.616 e. The van der Waals surface area contributed by atoms with Crippen LogP contribution in [-0.2, 0) is 20.7 Å². The summed E-state index contributed by atoms with van der Waals surface area (Å²) in [7, 11) is 0. The van der Waals surface area contributed by atoms with Gasteiger partial charge in [-0.2, -0.15) is 5.26 Å². The van der Waals surface area contributed by atoms with Gasteiger partial charge < -0.3 is 9.29 Å². The Morgan fingerprint density at radius 1 is 1.63 bits per heavy atom. The normalized spacial score (nSPS) is 12.6. The van der Waals surface area contributed by atoms with Crippen molar-refractivity contribution in [2.24, 2.45) is 4.99 Å². The van der Waals surface area contributed by atoms with Crippen molar-refractivity contribution < 1.29 is 14.1 Å². The standard InChI is InChI=1S/C12H18N2O3S2/c1-4-14-12(10(2)8-13)18-9-19(16)7-5-6-17-11(3)15/h2,4-7,9H2,1,3H3/b14-12+. The fourth-order valence-electron chi connectivity index (χ4n) is 1.04. The number of aliphatic imine (C=N–C) groups is 1. The zero-order valence-electron chi connectivity index (χ0n) is 11.2. The SMILES string of the molecule is C=C(C#N)/C(=N\CC)SC[S+]([O-])CCCOC(C)=O. The van der Waals surface area contributed by atoms with Crippen molar-refractivity contribution in [1.29, 1.82) is 5.26 Å². The van der Waals surface area contributed by atoms with Crippen LogP contribution in [0, 0.1) is 11.3 Å². The van der Waals surface area contributed by atoms with E-state index >= 15 is 0 Å². The van der Waals surface area contributed by atoms with Crippen LogP contribution < -0.4 is 0 Å². The summed E-state index contributed by atoms with van der Waals surface area (Å²) in [5.74, 6) is 0.126. The number of ether oxygens (including phenoxy) is 1. The monoisotopic (exact) mass is 302 g/mol. The summed E-state index contributed by atoms with van der Waals surface area (Å²) >= 11 is 0.234. The van der Waals surface area contributed by atoms with Crippen LogP contribution in [0.4, 0.5) is 0 Å². The molecule has 0 aliphatic heterocycles. The van der Waals surface area contributed by atoms with E-state index in [2.05, 4.69) is 11.6 Å². The molecule has 0 fully saturated rings. The molecular weight excluding hydrogens is 284 g/mol. The van der Waals surface area contributed by atoms with Crippen LogP contribution in [-0.4, -0.2) is 39.6 Å². The quantitative estimate of drug-likeness (QED) is 0.171. The van der Waals surface area contributed by atoms with Crippen molar-refractivity contribution in [2.75, 3.05) is 24.0 Å². The highest BCUT2D eigenvalue weighted by atomic mass is 32.3. The van der Waals surface area contributed by atoms with Gasteiger partial charge in [-0.15, -0.1) is 0 Å². The number of rotatable bonds is 8. The molecular formula is C12H18N2O3S2. The number of esters is 1. The van der Waals surface area contributed by atoms with E-state index in [1.54, 1.807) is 0 Å². The zero-order valence-corrected chi connectivity index (χ0v) is 12.8. The highest BCUT2D eigenvalue weighted by Crippen LogP contribution is 2.15. The lowest BCUT2D eigenvalue weighted by Gasteiger charge is -2.11. The molecule has 0 N–H and O–H groups in total. The molecule has 19 heavy (non-hydrogen) atoms. The molecule has 0 aliphatic rings. The van der Waals surface area contributed by atoms with Crippen LogP contribution >= 0.6 is 11.8 Å². The van der Waals surface area contributed by atoms with Crippen molar-refractivity contribution in [3.8, 4) is 6.07 Å². The second-order valence-electron chi connectivity index (χ2n) is 3.47. The Balaban J connectivity index is 3.96. The van der Waals surface area contributed by atoms with Crippen LogP contribution in [0.5, 0.6) is 0 Å². The summed E-state index contributed by atoms with van der Waals surface area (Å²) in [5, 5.41) is 9.66. The van der Waals surface area contributed by atoms with Crippen molar-refractivity contribution in [3.63, 3.8) is 0 Å². The maximum atomic E-state index is 11.7. The van der Waals surface area contributed by atoms with Gasteiger partial charge in [0.05, 0.1) is 12.2 Å². The second kappa shape index (κ2) is 10.9. The van der Waals surface area contributed by atoms with E-state index in [1.807, 2.05) is 13.0 Å². The maximum absolute atomic E-state index is 11.7. The van der Waals surface area contributed by atoms with Crippen LogP contribution in [0.25, 0.3) is 0 Å². The molecule has 0 rings (SSSR count). The smallest absolute Gasteiger partial charge is 0.302 e. The van der Waals surface area contributed by atoms with Crippen molar-refractivity contribution in [1.82, 2.24) is 0 Å². The molecule has 106 valence electrons. The first-order valence-electron chi connectivity index (χ1n) is 5.76. The van der Waals surface area contributed by atoms with Gasteiger partial charge in [-0.25, -0.2) is 0 Å². The minimum absolute atomic E-state index is 0.284. The number of carbonyl (C=O) groups excluding carboxylic acids is 1. The van der Waals surface area contributed by atoms with E-state index in [0.29, 0.717) is 34.4 Å². The maximum Gasteiger partial charge on any atom is 0.302 e. The zero-order chi connectivity index (χ0) is 14.7. The van der Waals surface area contributed by atoms with Gasteiger partial charge >= 0.3 is 5.97 Å². The van der Waals surface area contributed by atoms with Crippen LogP contribution in [0.15, 0.2) is 17.1 Å². The molecule has 0 aromatic heterocycles. The summed E-state index contributed by atoms with van der Waals surface area (Å²) in [6.07, 6.45) is 0.562. The van der Waals surface area contributed by atoms with E-state index in [4.69, 9.17) is 10.00 Å². The summed E-state index contributed by atoms with van der Waals surface area (Å²) in [6, 6.07) is 1.94. The molecule has 0 saturated heterocycles. The van der Waals surface area contributed by atoms with Crippen molar-refractivity contribution in [3.05, 3.63) is 12.2 Å². The van der Waals surface area contributed by atoms with Crippen LogP contribution in [0.2, 0.25) is 0 Å². The van der Waals surface area contributed by atoms with E-state index in [-0.39, 0.29) is 12.6 Å². The molecule has 0 aliphatic carbocycles. The average molecular weight is 302 g/mol. The molecule has 7 heteroatoms. The van der Waals surface area contributed by atoms with Crippen molar-refractivity contribution >= 4 is 34.0 Å². The van der Waals surface area contributed by atoms with Gasteiger partial charge in [0.1, 0.15) is 16.9 Å². The lowest BCUT2D eigenvalue weighted by molar-refractivity contribution is -0.140. The number of nitrogens with zero attached hydrogens (tertiary/aromatic N) is 2. The predicted octanol–water partition coefficient (Wildman–Crippen LogP) is 1.88. The average Bonchev–Trinajstić information content (AvgIpc) is 2.38. The Morgan fingerprint density at radius 3 is 2.84 bits per heavy atom. The van der Waals surface area contributed by atoms with E-state index in [0.717, 1.165) is 0 Å². The molecule has 0 saturated carbocycles. The second-order valence-corrected chi connectivity index (χ2v) is 6.38. The van der Waals surface area contributed by atoms with Gasteiger partial charge in [0, 0.05) is 19.9 Å².